The van der Waals surface area contributed by atoms with Gasteiger partial charge in [-0.1, -0.05) is 0 Å². The largest absolute Gasteiger partial charge is 0.351 e. The Labute approximate surface area is 95.5 Å². The van der Waals surface area contributed by atoms with Crippen molar-refractivity contribution in [2.75, 3.05) is 20.1 Å². The molecule has 6 nitrogen and oxygen atoms in total. The zero-order chi connectivity index (χ0) is 12.1. The summed E-state index contributed by atoms with van der Waals surface area (Å²) in [6.07, 6.45) is 2.03. The SMILES string of the molecule is CC1CC(NCC(=O)NC(N)=O)CCN1C. The lowest BCUT2D eigenvalue weighted by molar-refractivity contribution is -0.119. The number of nitrogens with two attached hydrogens (primary N) is 1. The number of urea groups is 1. The van der Waals surface area contributed by atoms with Crippen LogP contribution in [0.3, 0.4) is 0 Å². The summed E-state index contributed by atoms with van der Waals surface area (Å²) in [5.74, 6) is -0.376. The minimum atomic E-state index is -0.802. The van der Waals surface area contributed by atoms with Gasteiger partial charge in [-0.3, -0.25) is 10.1 Å². The van der Waals surface area contributed by atoms with Crippen LogP contribution >= 0.6 is 0 Å². The van der Waals surface area contributed by atoms with Gasteiger partial charge >= 0.3 is 6.03 Å². The van der Waals surface area contributed by atoms with Gasteiger partial charge in [0.2, 0.25) is 5.91 Å². The molecule has 1 saturated heterocycles. The fraction of sp³-hybridized carbons (Fsp3) is 0.800. The van der Waals surface area contributed by atoms with E-state index in [1.165, 1.54) is 0 Å². The quantitative estimate of drug-likeness (QED) is 0.593. The average Bonchev–Trinajstić information content (AvgIpc) is 2.19. The van der Waals surface area contributed by atoms with Crippen molar-refractivity contribution >= 4 is 11.9 Å². The minimum absolute atomic E-state index is 0.143. The second-order valence-corrected chi connectivity index (χ2v) is 4.34. The molecular formula is C10H20N4O2. The van der Waals surface area contributed by atoms with Crippen LogP contribution in [-0.2, 0) is 4.79 Å². The first-order valence-corrected chi connectivity index (χ1v) is 5.52. The Bertz CT molecular complexity index is 270. The summed E-state index contributed by atoms with van der Waals surface area (Å²) in [5, 5.41) is 5.16. The van der Waals surface area contributed by atoms with Gasteiger partial charge < -0.3 is 16.0 Å². The van der Waals surface area contributed by atoms with E-state index >= 15 is 0 Å². The molecule has 0 aromatic heterocycles. The van der Waals surface area contributed by atoms with Gasteiger partial charge in [0.1, 0.15) is 0 Å². The molecule has 2 atom stereocenters. The number of hydrogen-bond donors (Lipinski definition) is 3. The van der Waals surface area contributed by atoms with Crippen LogP contribution < -0.4 is 16.4 Å². The van der Waals surface area contributed by atoms with E-state index in [9.17, 15) is 9.59 Å². The molecule has 0 bridgehead atoms. The lowest BCUT2D eigenvalue weighted by atomic mass is 9.99. The van der Waals surface area contributed by atoms with Crippen molar-refractivity contribution < 1.29 is 9.59 Å². The molecule has 0 aromatic carbocycles. The van der Waals surface area contributed by atoms with Crippen molar-refractivity contribution in [1.82, 2.24) is 15.5 Å². The van der Waals surface area contributed by atoms with E-state index in [-0.39, 0.29) is 12.5 Å². The predicted octanol–water partition coefficient (Wildman–Crippen LogP) is -0.746. The Morgan fingerprint density at radius 2 is 2.19 bits per heavy atom. The second kappa shape index (κ2) is 5.81. The number of likely N-dealkylation sites (tertiary alicyclic amines) is 1. The molecule has 0 spiro atoms. The van der Waals surface area contributed by atoms with E-state index in [0.29, 0.717) is 12.1 Å². The van der Waals surface area contributed by atoms with Crippen LogP contribution in [0.1, 0.15) is 19.8 Å². The van der Waals surface area contributed by atoms with Crippen molar-refractivity contribution in [2.45, 2.75) is 31.8 Å². The minimum Gasteiger partial charge on any atom is -0.351 e. The van der Waals surface area contributed by atoms with Gasteiger partial charge in [-0.2, -0.15) is 0 Å². The Morgan fingerprint density at radius 3 is 2.75 bits per heavy atom. The molecule has 4 N–H and O–H groups in total. The summed E-state index contributed by atoms with van der Waals surface area (Å²) in [6, 6.07) is 0.0545. The number of amides is 3. The van der Waals surface area contributed by atoms with Crippen LogP contribution in [0.15, 0.2) is 0 Å². The van der Waals surface area contributed by atoms with Crippen LogP contribution in [0, 0.1) is 0 Å². The molecule has 1 rings (SSSR count). The third kappa shape index (κ3) is 4.16. The molecular weight excluding hydrogens is 208 g/mol. The number of carbonyl (C=O) groups is 2. The van der Waals surface area contributed by atoms with Crippen LogP contribution in [0.4, 0.5) is 4.79 Å². The van der Waals surface area contributed by atoms with Gasteiger partial charge in [-0.25, -0.2) is 4.79 Å². The number of carbonyl (C=O) groups excluding carboxylic acids is 2. The number of nitrogens with one attached hydrogen (secondary N) is 2. The topological polar surface area (TPSA) is 87.5 Å². The van der Waals surface area contributed by atoms with Gasteiger partial charge in [0, 0.05) is 12.1 Å². The van der Waals surface area contributed by atoms with E-state index in [1.54, 1.807) is 0 Å². The van der Waals surface area contributed by atoms with Gasteiger partial charge in [0.05, 0.1) is 6.54 Å². The third-order valence-electron chi connectivity index (χ3n) is 3.02. The highest BCUT2D eigenvalue weighted by Gasteiger charge is 2.22. The first kappa shape index (κ1) is 12.9. The fourth-order valence-corrected chi connectivity index (χ4v) is 1.89. The molecule has 0 radical (unpaired) electrons. The standard InChI is InChI=1S/C10H20N4O2/c1-7-5-8(3-4-14(7)2)12-6-9(15)13-10(11)16/h7-8,12H,3-6H2,1-2H3,(H3,11,13,15,16). The Morgan fingerprint density at radius 1 is 1.50 bits per heavy atom. The average molecular weight is 228 g/mol. The summed E-state index contributed by atoms with van der Waals surface area (Å²) in [6.45, 7) is 3.33. The van der Waals surface area contributed by atoms with Crippen molar-refractivity contribution in [1.29, 1.82) is 0 Å². The molecule has 92 valence electrons. The highest BCUT2D eigenvalue weighted by atomic mass is 16.2. The Balaban J connectivity index is 2.23. The van der Waals surface area contributed by atoms with Crippen LogP contribution in [0.5, 0.6) is 0 Å². The summed E-state index contributed by atoms with van der Waals surface area (Å²) in [4.78, 5) is 23.9. The highest BCUT2D eigenvalue weighted by molar-refractivity contribution is 5.94. The van der Waals surface area contributed by atoms with Crippen molar-refractivity contribution in [3.8, 4) is 0 Å². The van der Waals surface area contributed by atoms with E-state index in [0.717, 1.165) is 19.4 Å². The number of imide groups is 1. The highest BCUT2D eigenvalue weighted by Crippen LogP contribution is 2.14. The number of nitrogens with zero attached hydrogens (tertiary/aromatic N) is 1. The van der Waals surface area contributed by atoms with Gasteiger partial charge in [-0.05, 0) is 33.4 Å². The fourth-order valence-electron chi connectivity index (χ4n) is 1.89. The maximum atomic E-state index is 11.2. The maximum Gasteiger partial charge on any atom is 0.318 e. The molecule has 1 fully saturated rings. The summed E-state index contributed by atoms with van der Waals surface area (Å²) < 4.78 is 0. The van der Waals surface area contributed by atoms with Crippen molar-refractivity contribution in [2.24, 2.45) is 5.73 Å². The first-order valence-electron chi connectivity index (χ1n) is 5.52. The van der Waals surface area contributed by atoms with Crippen molar-refractivity contribution in [3.05, 3.63) is 0 Å². The smallest absolute Gasteiger partial charge is 0.318 e. The number of primary amides is 1. The van der Waals surface area contributed by atoms with Crippen LogP contribution in [0.2, 0.25) is 0 Å². The monoisotopic (exact) mass is 228 g/mol. The molecule has 0 aliphatic carbocycles. The van der Waals surface area contributed by atoms with Gasteiger partial charge in [-0.15, -0.1) is 0 Å². The Hall–Kier alpha value is -1.14. The molecule has 1 aliphatic heterocycles. The molecule has 0 aromatic rings. The molecule has 2 unspecified atom stereocenters. The van der Waals surface area contributed by atoms with Crippen LogP contribution in [0.25, 0.3) is 0 Å². The Kier molecular flexibility index (Phi) is 4.70. The molecule has 3 amide bonds. The molecule has 16 heavy (non-hydrogen) atoms. The lowest BCUT2D eigenvalue weighted by Gasteiger charge is -2.35. The van der Waals surface area contributed by atoms with E-state index < -0.39 is 6.03 Å². The number of piperidine rings is 1. The first-order chi connectivity index (χ1) is 7.49. The molecule has 0 saturated carbocycles. The van der Waals surface area contributed by atoms with E-state index in [1.807, 2.05) is 5.32 Å². The van der Waals surface area contributed by atoms with E-state index in [2.05, 4.69) is 24.2 Å². The summed E-state index contributed by atoms with van der Waals surface area (Å²) in [7, 11) is 2.10. The summed E-state index contributed by atoms with van der Waals surface area (Å²) >= 11 is 0. The third-order valence-corrected chi connectivity index (χ3v) is 3.02. The van der Waals surface area contributed by atoms with Gasteiger partial charge in [0.25, 0.3) is 0 Å². The van der Waals surface area contributed by atoms with Gasteiger partial charge in [0.15, 0.2) is 0 Å². The molecule has 1 aliphatic rings. The predicted molar refractivity (Wildman–Crippen MR) is 60.8 cm³/mol. The lowest BCUT2D eigenvalue weighted by Crippen LogP contribution is -2.49. The van der Waals surface area contributed by atoms with Crippen molar-refractivity contribution in [3.63, 3.8) is 0 Å². The summed E-state index contributed by atoms with van der Waals surface area (Å²) in [5.41, 5.74) is 4.84. The molecule has 1 heterocycles. The second-order valence-electron chi connectivity index (χ2n) is 4.34. The number of hydrogen-bond acceptors (Lipinski definition) is 4. The normalized spacial score (nSPS) is 26.4. The zero-order valence-corrected chi connectivity index (χ0v) is 9.82. The van der Waals surface area contributed by atoms with Crippen LogP contribution in [-0.4, -0.2) is 49.1 Å². The number of rotatable bonds is 3. The van der Waals surface area contributed by atoms with E-state index in [4.69, 9.17) is 5.73 Å². The maximum absolute atomic E-state index is 11.2. The molecule has 6 heteroatoms. The zero-order valence-electron chi connectivity index (χ0n) is 9.82.